The molecule has 1 saturated carbocycles. The van der Waals surface area contributed by atoms with Crippen LogP contribution >= 0.6 is 0 Å². The summed E-state index contributed by atoms with van der Waals surface area (Å²) < 4.78 is 24.8. The van der Waals surface area contributed by atoms with E-state index in [-0.39, 0.29) is 25.0 Å². The van der Waals surface area contributed by atoms with Gasteiger partial charge in [-0.05, 0) is 12.8 Å². The van der Waals surface area contributed by atoms with Crippen LogP contribution in [0.15, 0.2) is 0 Å². The van der Waals surface area contributed by atoms with E-state index in [2.05, 4.69) is 0 Å². The summed E-state index contributed by atoms with van der Waals surface area (Å²) in [5.41, 5.74) is 0. The van der Waals surface area contributed by atoms with E-state index in [0.717, 1.165) is 43.4 Å². The molecule has 1 N–H and O–H groups in total. The third-order valence-electron chi connectivity index (χ3n) is 3.49. The van der Waals surface area contributed by atoms with Crippen LogP contribution in [0.5, 0.6) is 0 Å². The van der Waals surface area contributed by atoms with Gasteiger partial charge in [0.1, 0.15) is 0 Å². The van der Waals surface area contributed by atoms with Crippen LogP contribution in [0.2, 0.25) is 0 Å². The van der Waals surface area contributed by atoms with Gasteiger partial charge in [0.2, 0.25) is 5.91 Å². The Bertz CT molecular complexity index is 241. The number of hydrogen-bond donors (Lipinski definition) is 1. The van der Waals surface area contributed by atoms with Crippen LogP contribution in [-0.2, 0) is 4.79 Å². The van der Waals surface area contributed by atoms with Crippen molar-refractivity contribution in [3.05, 3.63) is 0 Å². The van der Waals surface area contributed by atoms with E-state index >= 15 is 0 Å². The Morgan fingerprint density at radius 2 is 1.72 bits per heavy atom. The predicted molar refractivity (Wildman–Crippen MR) is 65.5 cm³/mol. The summed E-state index contributed by atoms with van der Waals surface area (Å²) in [6, 6.07) is 0. The second-order valence-corrected chi connectivity index (χ2v) is 4.94. The highest BCUT2D eigenvalue weighted by Crippen LogP contribution is 2.24. The zero-order valence-corrected chi connectivity index (χ0v) is 10.8. The number of nitrogens with zero attached hydrogens (tertiary/aromatic N) is 1. The van der Waals surface area contributed by atoms with Crippen molar-refractivity contribution in [2.24, 2.45) is 5.92 Å². The van der Waals surface area contributed by atoms with Crippen molar-refractivity contribution in [2.75, 3.05) is 19.7 Å². The second kappa shape index (κ2) is 8.40. The molecular weight excluding hydrogens is 240 g/mol. The minimum absolute atomic E-state index is 0.0136. The van der Waals surface area contributed by atoms with Crippen LogP contribution in [0.1, 0.15) is 44.9 Å². The van der Waals surface area contributed by atoms with Crippen LogP contribution in [0, 0.1) is 5.92 Å². The van der Waals surface area contributed by atoms with Gasteiger partial charge in [-0.2, -0.15) is 0 Å². The molecule has 1 rings (SSSR count). The monoisotopic (exact) mass is 263 g/mol. The lowest BCUT2D eigenvalue weighted by molar-refractivity contribution is -0.138. The zero-order valence-electron chi connectivity index (χ0n) is 10.8. The van der Waals surface area contributed by atoms with Gasteiger partial charge in [0.25, 0.3) is 6.43 Å². The van der Waals surface area contributed by atoms with E-state index in [4.69, 9.17) is 5.11 Å². The van der Waals surface area contributed by atoms with Crippen molar-refractivity contribution >= 4 is 5.91 Å². The summed E-state index contributed by atoms with van der Waals surface area (Å²) in [6.45, 7) is -0.805. The van der Waals surface area contributed by atoms with Crippen LogP contribution in [0.4, 0.5) is 8.78 Å². The third-order valence-corrected chi connectivity index (χ3v) is 3.49. The third kappa shape index (κ3) is 5.29. The molecule has 0 aromatic rings. The van der Waals surface area contributed by atoms with Crippen LogP contribution in [0.25, 0.3) is 0 Å². The van der Waals surface area contributed by atoms with E-state index in [1.54, 1.807) is 0 Å². The van der Waals surface area contributed by atoms with Crippen molar-refractivity contribution in [3.63, 3.8) is 0 Å². The molecule has 106 valence electrons. The Kier molecular flexibility index (Phi) is 7.16. The van der Waals surface area contributed by atoms with Gasteiger partial charge >= 0.3 is 0 Å². The number of carbonyl (C=O) groups excluding carboxylic acids is 1. The molecule has 5 heteroatoms. The Morgan fingerprint density at radius 1 is 1.17 bits per heavy atom. The highest BCUT2D eigenvalue weighted by atomic mass is 19.3. The quantitative estimate of drug-likeness (QED) is 0.827. The Labute approximate surface area is 107 Å². The van der Waals surface area contributed by atoms with Crippen LogP contribution < -0.4 is 0 Å². The number of amides is 1. The second-order valence-electron chi connectivity index (χ2n) is 4.94. The van der Waals surface area contributed by atoms with Gasteiger partial charge in [0.05, 0.1) is 13.2 Å². The minimum Gasteiger partial charge on any atom is -0.395 e. The van der Waals surface area contributed by atoms with Gasteiger partial charge in [0, 0.05) is 12.5 Å². The Hall–Kier alpha value is -0.710. The molecule has 0 unspecified atom stereocenters. The van der Waals surface area contributed by atoms with Gasteiger partial charge in [-0.25, -0.2) is 8.78 Å². The molecule has 0 radical (unpaired) electrons. The largest absolute Gasteiger partial charge is 0.395 e. The number of aliphatic hydroxyl groups excluding tert-OH is 1. The summed E-state index contributed by atoms with van der Waals surface area (Å²) in [4.78, 5) is 13.3. The molecule has 3 nitrogen and oxygen atoms in total. The lowest BCUT2D eigenvalue weighted by Gasteiger charge is -2.27. The van der Waals surface area contributed by atoms with Crippen molar-refractivity contribution < 1.29 is 18.7 Å². The fourth-order valence-corrected chi connectivity index (χ4v) is 2.54. The number of carbonyl (C=O) groups is 1. The minimum atomic E-state index is -2.53. The van der Waals surface area contributed by atoms with Crippen molar-refractivity contribution in [1.82, 2.24) is 4.90 Å². The van der Waals surface area contributed by atoms with E-state index < -0.39 is 13.0 Å². The molecule has 1 aliphatic rings. The molecule has 18 heavy (non-hydrogen) atoms. The SMILES string of the molecule is O=C(C1CCCCCCC1)N(CCO)CC(F)F. The molecule has 0 spiro atoms. The molecule has 0 bridgehead atoms. The molecule has 0 heterocycles. The zero-order chi connectivity index (χ0) is 13.4. The van der Waals surface area contributed by atoms with Gasteiger partial charge in [-0.15, -0.1) is 0 Å². The van der Waals surface area contributed by atoms with Crippen LogP contribution in [0.3, 0.4) is 0 Å². The number of halogens is 2. The first-order valence-electron chi connectivity index (χ1n) is 6.83. The van der Waals surface area contributed by atoms with Gasteiger partial charge in [0.15, 0.2) is 0 Å². The Morgan fingerprint density at radius 3 is 2.22 bits per heavy atom. The summed E-state index contributed by atoms with van der Waals surface area (Å²) in [5, 5.41) is 8.86. The fraction of sp³-hybridized carbons (Fsp3) is 0.923. The van der Waals surface area contributed by atoms with E-state index in [1.807, 2.05) is 0 Å². The lowest BCUT2D eigenvalue weighted by Crippen LogP contribution is -2.41. The fourth-order valence-electron chi connectivity index (χ4n) is 2.54. The first-order valence-corrected chi connectivity index (χ1v) is 6.83. The van der Waals surface area contributed by atoms with Crippen molar-refractivity contribution in [3.8, 4) is 0 Å². The first kappa shape index (κ1) is 15.3. The summed E-state index contributed by atoms with van der Waals surface area (Å²) in [5.74, 6) is -0.332. The molecule has 0 aromatic heterocycles. The smallest absolute Gasteiger partial charge is 0.255 e. The average Bonchev–Trinajstić information content (AvgIpc) is 2.26. The van der Waals surface area contributed by atoms with Crippen LogP contribution in [-0.4, -0.2) is 42.0 Å². The highest BCUT2D eigenvalue weighted by molar-refractivity contribution is 5.78. The van der Waals surface area contributed by atoms with Crippen molar-refractivity contribution in [1.29, 1.82) is 0 Å². The molecule has 0 saturated heterocycles. The number of aliphatic hydroxyl groups is 1. The molecular formula is C13H23F2NO2. The Balaban J connectivity index is 2.55. The first-order chi connectivity index (χ1) is 8.65. The molecule has 1 aliphatic carbocycles. The summed E-state index contributed by atoms with van der Waals surface area (Å²) >= 11 is 0. The number of rotatable bonds is 5. The molecule has 0 aromatic carbocycles. The standard InChI is InChI=1S/C13H23F2NO2/c14-12(15)10-16(8-9-17)13(18)11-6-4-2-1-3-5-7-11/h11-12,17H,1-10H2. The van der Waals surface area contributed by atoms with E-state index in [9.17, 15) is 13.6 Å². The van der Waals surface area contributed by atoms with E-state index in [1.165, 1.54) is 6.42 Å². The van der Waals surface area contributed by atoms with Gasteiger partial charge in [-0.1, -0.05) is 32.1 Å². The van der Waals surface area contributed by atoms with E-state index in [0.29, 0.717) is 0 Å². The van der Waals surface area contributed by atoms with Gasteiger partial charge in [-0.3, -0.25) is 4.79 Å². The maximum atomic E-state index is 12.4. The van der Waals surface area contributed by atoms with Gasteiger partial charge < -0.3 is 10.0 Å². The highest BCUT2D eigenvalue weighted by Gasteiger charge is 2.26. The predicted octanol–water partition coefficient (Wildman–Crippen LogP) is 2.43. The number of alkyl halides is 2. The maximum Gasteiger partial charge on any atom is 0.255 e. The molecule has 1 amide bonds. The summed E-state index contributed by atoms with van der Waals surface area (Å²) in [6.07, 6.45) is 4.51. The topological polar surface area (TPSA) is 40.5 Å². The molecule has 0 atom stereocenters. The summed E-state index contributed by atoms with van der Waals surface area (Å²) in [7, 11) is 0. The maximum absolute atomic E-state index is 12.4. The lowest BCUT2D eigenvalue weighted by atomic mass is 9.90. The average molecular weight is 263 g/mol. The molecule has 0 aliphatic heterocycles. The normalized spacial score (nSPS) is 18.4. The molecule has 1 fully saturated rings. The number of hydrogen-bond acceptors (Lipinski definition) is 2. The van der Waals surface area contributed by atoms with Crippen molar-refractivity contribution in [2.45, 2.75) is 51.4 Å².